The Hall–Kier alpha value is -3.29. The fourth-order valence-electron chi connectivity index (χ4n) is 2.60. The van der Waals surface area contributed by atoms with Crippen LogP contribution in [0.4, 0.5) is 10.2 Å². The number of amides is 1. The molecule has 0 spiro atoms. The Bertz CT molecular complexity index is 969. The summed E-state index contributed by atoms with van der Waals surface area (Å²) in [5, 5.41) is 5.83. The Morgan fingerprint density at radius 3 is 2.63 bits per heavy atom. The molecule has 3 rings (SSSR count). The first-order valence-corrected chi connectivity index (χ1v) is 8.59. The van der Waals surface area contributed by atoms with Crippen LogP contribution in [0.3, 0.4) is 0 Å². The van der Waals surface area contributed by atoms with Gasteiger partial charge in [-0.25, -0.2) is 19.3 Å². The SMILES string of the molecule is Cc1nc(NCCNC(=O)c2ccccc2F)cc(-n2cnc(C)c2C)n1. The number of aromatic nitrogens is 4. The number of imidazole rings is 1. The molecule has 8 heteroatoms. The van der Waals surface area contributed by atoms with E-state index >= 15 is 0 Å². The number of benzene rings is 1. The Balaban J connectivity index is 1.61. The molecule has 0 saturated heterocycles. The van der Waals surface area contributed by atoms with Crippen LogP contribution in [0.1, 0.15) is 27.6 Å². The summed E-state index contributed by atoms with van der Waals surface area (Å²) in [6, 6.07) is 7.71. The predicted octanol–water partition coefficient (Wildman–Crippen LogP) is 2.57. The lowest BCUT2D eigenvalue weighted by molar-refractivity contribution is 0.0951. The molecule has 0 unspecified atom stereocenters. The van der Waals surface area contributed by atoms with Gasteiger partial charge < -0.3 is 10.6 Å². The maximum absolute atomic E-state index is 13.6. The molecule has 2 N–H and O–H groups in total. The van der Waals surface area contributed by atoms with E-state index in [1.165, 1.54) is 12.1 Å². The maximum Gasteiger partial charge on any atom is 0.254 e. The average molecular weight is 368 g/mol. The Morgan fingerprint density at radius 1 is 1.15 bits per heavy atom. The second-order valence-electron chi connectivity index (χ2n) is 6.11. The minimum atomic E-state index is -0.537. The summed E-state index contributed by atoms with van der Waals surface area (Å²) in [5.41, 5.74) is 1.98. The number of carbonyl (C=O) groups is 1. The fraction of sp³-hybridized carbons (Fsp3) is 0.263. The largest absolute Gasteiger partial charge is 0.368 e. The van der Waals surface area contributed by atoms with Crippen molar-refractivity contribution in [2.24, 2.45) is 0 Å². The van der Waals surface area contributed by atoms with E-state index in [0.717, 1.165) is 17.2 Å². The van der Waals surface area contributed by atoms with E-state index in [2.05, 4.69) is 25.6 Å². The number of anilines is 1. The van der Waals surface area contributed by atoms with Crippen LogP contribution in [0, 0.1) is 26.6 Å². The molecule has 0 bridgehead atoms. The van der Waals surface area contributed by atoms with Crippen LogP contribution in [0.2, 0.25) is 0 Å². The first-order valence-electron chi connectivity index (χ1n) is 8.59. The molecular weight excluding hydrogens is 347 g/mol. The molecular formula is C19H21FN6O. The van der Waals surface area contributed by atoms with Crippen molar-refractivity contribution in [2.75, 3.05) is 18.4 Å². The average Bonchev–Trinajstić information content (AvgIpc) is 2.97. The van der Waals surface area contributed by atoms with Gasteiger partial charge in [-0.15, -0.1) is 0 Å². The lowest BCUT2D eigenvalue weighted by Crippen LogP contribution is -2.29. The van der Waals surface area contributed by atoms with Gasteiger partial charge in [0.1, 0.15) is 29.6 Å². The summed E-state index contributed by atoms with van der Waals surface area (Å²) in [6.07, 6.45) is 1.73. The van der Waals surface area contributed by atoms with E-state index < -0.39 is 11.7 Å². The molecule has 0 aliphatic carbocycles. The number of carbonyl (C=O) groups excluding carboxylic acids is 1. The minimum absolute atomic E-state index is 0.0311. The highest BCUT2D eigenvalue weighted by Gasteiger charge is 2.11. The highest BCUT2D eigenvalue weighted by molar-refractivity contribution is 5.94. The van der Waals surface area contributed by atoms with Crippen molar-refractivity contribution in [1.29, 1.82) is 0 Å². The molecule has 0 atom stereocenters. The van der Waals surface area contributed by atoms with Crippen LogP contribution in [0.15, 0.2) is 36.7 Å². The molecule has 1 aromatic carbocycles. The topological polar surface area (TPSA) is 84.7 Å². The van der Waals surface area contributed by atoms with Crippen molar-refractivity contribution >= 4 is 11.7 Å². The van der Waals surface area contributed by atoms with E-state index in [1.54, 1.807) is 18.5 Å². The number of hydrogen-bond donors (Lipinski definition) is 2. The summed E-state index contributed by atoms with van der Waals surface area (Å²) in [6.45, 7) is 6.50. The van der Waals surface area contributed by atoms with Crippen molar-refractivity contribution in [2.45, 2.75) is 20.8 Å². The standard InChI is InChI=1S/C19H21FN6O/c1-12-13(2)26(11-23-12)18-10-17(24-14(3)25-18)21-8-9-22-19(27)15-6-4-5-7-16(15)20/h4-7,10-11H,8-9H2,1-3H3,(H,22,27)(H,21,24,25). The molecule has 140 valence electrons. The maximum atomic E-state index is 13.6. The van der Waals surface area contributed by atoms with Gasteiger partial charge in [0.2, 0.25) is 0 Å². The van der Waals surface area contributed by atoms with Gasteiger partial charge in [0.05, 0.1) is 11.3 Å². The Kier molecular flexibility index (Phi) is 5.44. The second kappa shape index (κ2) is 7.94. The molecule has 7 nitrogen and oxygen atoms in total. The summed E-state index contributed by atoms with van der Waals surface area (Å²) in [5.74, 6) is 1.00. The van der Waals surface area contributed by atoms with Crippen molar-refractivity contribution in [1.82, 2.24) is 24.8 Å². The summed E-state index contributed by atoms with van der Waals surface area (Å²) < 4.78 is 15.5. The lowest BCUT2D eigenvalue weighted by atomic mass is 10.2. The van der Waals surface area contributed by atoms with E-state index in [4.69, 9.17) is 0 Å². The number of nitrogens with one attached hydrogen (secondary N) is 2. The molecule has 0 aliphatic heterocycles. The van der Waals surface area contributed by atoms with Crippen molar-refractivity contribution in [3.63, 3.8) is 0 Å². The number of hydrogen-bond acceptors (Lipinski definition) is 5. The lowest BCUT2D eigenvalue weighted by Gasteiger charge is -2.11. The van der Waals surface area contributed by atoms with Crippen LogP contribution in [-0.4, -0.2) is 38.5 Å². The fourth-order valence-corrected chi connectivity index (χ4v) is 2.60. The van der Waals surface area contributed by atoms with Crippen LogP contribution in [0.5, 0.6) is 0 Å². The highest BCUT2D eigenvalue weighted by Crippen LogP contribution is 2.15. The van der Waals surface area contributed by atoms with Gasteiger partial charge in [-0.1, -0.05) is 12.1 Å². The number of aryl methyl sites for hydroxylation is 2. The van der Waals surface area contributed by atoms with Crippen LogP contribution < -0.4 is 10.6 Å². The molecule has 0 fully saturated rings. The molecule has 2 heterocycles. The van der Waals surface area contributed by atoms with Crippen molar-refractivity contribution in [3.8, 4) is 5.82 Å². The minimum Gasteiger partial charge on any atom is -0.368 e. The van der Waals surface area contributed by atoms with Crippen molar-refractivity contribution in [3.05, 3.63) is 65.3 Å². The van der Waals surface area contributed by atoms with Crippen LogP contribution >= 0.6 is 0 Å². The summed E-state index contributed by atoms with van der Waals surface area (Å²) in [4.78, 5) is 25.1. The van der Waals surface area contributed by atoms with Gasteiger partial charge in [0.15, 0.2) is 0 Å². The number of halogens is 1. The quantitative estimate of drug-likeness (QED) is 0.653. The zero-order valence-electron chi connectivity index (χ0n) is 15.5. The molecule has 27 heavy (non-hydrogen) atoms. The Labute approximate surface area is 156 Å². The van der Waals surface area contributed by atoms with E-state index in [-0.39, 0.29) is 5.56 Å². The van der Waals surface area contributed by atoms with Crippen molar-refractivity contribution < 1.29 is 9.18 Å². The first kappa shape index (κ1) is 18.5. The smallest absolute Gasteiger partial charge is 0.254 e. The van der Waals surface area contributed by atoms with Gasteiger partial charge in [-0.2, -0.15) is 0 Å². The molecule has 1 amide bonds. The number of rotatable bonds is 6. The highest BCUT2D eigenvalue weighted by atomic mass is 19.1. The normalized spacial score (nSPS) is 10.7. The summed E-state index contributed by atoms with van der Waals surface area (Å²) in [7, 11) is 0. The van der Waals surface area contributed by atoms with Gasteiger partial charge in [-0.3, -0.25) is 9.36 Å². The predicted molar refractivity (Wildman–Crippen MR) is 101 cm³/mol. The van der Waals surface area contributed by atoms with Gasteiger partial charge in [-0.05, 0) is 32.9 Å². The zero-order chi connectivity index (χ0) is 19.4. The van der Waals surface area contributed by atoms with E-state index in [1.807, 2.05) is 31.4 Å². The molecule has 0 radical (unpaired) electrons. The van der Waals surface area contributed by atoms with E-state index in [9.17, 15) is 9.18 Å². The first-order chi connectivity index (χ1) is 13.0. The van der Waals surface area contributed by atoms with E-state index in [0.29, 0.717) is 24.7 Å². The Morgan fingerprint density at radius 2 is 1.93 bits per heavy atom. The molecule has 3 aromatic rings. The summed E-state index contributed by atoms with van der Waals surface area (Å²) >= 11 is 0. The van der Waals surface area contributed by atoms with Gasteiger partial charge in [0, 0.05) is 24.8 Å². The molecule has 2 aromatic heterocycles. The zero-order valence-corrected chi connectivity index (χ0v) is 15.5. The van der Waals surface area contributed by atoms with Gasteiger partial charge in [0.25, 0.3) is 5.91 Å². The molecule has 0 aliphatic rings. The third kappa shape index (κ3) is 4.28. The van der Waals surface area contributed by atoms with Crippen LogP contribution in [0.25, 0.3) is 5.82 Å². The molecule has 0 saturated carbocycles. The van der Waals surface area contributed by atoms with Crippen LogP contribution in [-0.2, 0) is 0 Å². The second-order valence-corrected chi connectivity index (χ2v) is 6.11. The third-order valence-electron chi connectivity index (χ3n) is 4.16. The number of nitrogens with zero attached hydrogens (tertiary/aromatic N) is 4. The monoisotopic (exact) mass is 368 g/mol. The van der Waals surface area contributed by atoms with Gasteiger partial charge >= 0.3 is 0 Å². The third-order valence-corrected chi connectivity index (χ3v) is 4.16.